The standard InChI is InChI=1S/C14H14Br2S2/c1-8-10(15)7-13(17-8)14(16)12-6-9-4-2-3-5-11(9)18-12/h6-7,14H,2-5H2,1H3. The van der Waals surface area contributed by atoms with Crippen LogP contribution in [0.25, 0.3) is 0 Å². The smallest absolute Gasteiger partial charge is 0.0831 e. The third-order valence-corrected chi connectivity index (χ3v) is 8.49. The minimum Gasteiger partial charge on any atom is -0.144 e. The van der Waals surface area contributed by atoms with E-state index in [-0.39, 0.29) is 0 Å². The van der Waals surface area contributed by atoms with Gasteiger partial charge in [-0.25, -0.2) is 0 Å². The van der Waals surface area contributed by atoms with Crippen LogP contribution in [0.5, 0.6) is 0 Å². The molecule has 0 aromatic carbocycles. The average molecular weight is 406 g/mol. The maximum absolute atomic E-state index is 3.87. The summed E-state index contributed by atoms with van der Waals surface area (Å²) in [7, 11) is 0. The van der Waals surface area contributed by atoms with E-state index in [1.165, 1.54) is 44.8 Å². The number of aryl methyl sites for hydroxylation is 3. The molecular formula is C14H14Br2S2. The lowest BCUT2D eigenvalue weighted by Gasteiger charge is -2.08. The predicted molar refractivity (Wildman–Crippen MR) is 88.5 cm³/mol. The lowest BCUT2D eigenvalue weighted by Crippen LogP contribution is -1.96. The fourth-order valence-electron chi connectivity index (χ4n) is 2.39. The van der Waals surface area contributed by atoms with Crippen molar-refractivity contribution in [2.45, 2.75) is 37.4 Å². The Kier molecular flexibility index (Phi) is 4.00. The molecule has 2 aromatic rings. The zero-order valence-electron chi connectivity index (χ0n) is 10.1. The Labute approximate surface area is 133 Å². The molecule has 0 saturated heterocycles. The van der Waals surface area contributed by atoms with Crippen molar-refractivity contribution < 1.29 is 0 Å². The molecular weight excluding hydrogens is 392 g/mol. The van der Waals surface area contributed by atoms with Crippen LogP contribution in [0, 0.1) is 6.92 Å². The highest BCUT2D eigenvalue weighted by molar-refractivity contribution is 9.10. The molecule has 0 bridgehead atoms. The normalized spacial score (nSPS) is 16.6. The molecule has 1 aliphatic rings. The molecule has 0 aliphatic heterocycles. The van der Waals surface area contributed by atoms with Gasteiger partial charge in [-0.2, -0.15) is 0 Å². The van der Waals surface area contributed by atoms with Gasteiger partial charge in [-0.1, -0.05) is 15.9 Å². The molecule has 18 heavy (non-hydrogen) atoms. The van der Waals surface area contributed by atoms with Crippen LogP contribution >= 0.6 is 54.5 Å². The van der Waals surface area contributed by atoms with Gasteiger partial charge in [-0.05, 0) is 66.2 Å². The molecule has 0 radical (unpaired) electrons. The van der Waals surface area contributed by atoms with Crippen LogP contribution in [0.4, 0.5) is 0 Å². The van der Waals surface area contributed by atoms with Gasteiger partial charge in [0.05, 0.1) is 4.83 Å². The Morgan fingerprint density at radius 2 is 1.83 bits per heavy atom. The second kappa shape index (κ2) is 5.39. The highest BCUT2D eigenvalue weighted by Crippen LogP contribution is 2.43. The first-order valence-electron chi connectivity index (χ1n) is 6.16. The third kappa shape index (κ3) is 2.49. The van der Waals surface area contributed by atoms with Crippen LogP contribution in [0.3, 0.4) is 0 Å². The van der Waals surface area contributed by atoms with Crippen molar-refractivity contribution >= 4 is 54.5 Å². The Hall–Kier alpha value is 0.360. The van der Waals surface area contributed by atoms with Crippen LogP contribution in [0.1, 0.15) is 42.7 Å². The minimum atomic E-state index is 0.364. The molecule has 0 fully saturated rings. The lowest BCUT2D eigenvalue weighted by molar-refractivity contribution is 0.697. The summed E-state index contributed by atoms with van der Waals surface area (Å²) in [4.78, 5) is 6.21. The second-order valence-electron chi connectivity index (χ2n) is 4.72. The zero-order valence-corrected chi connectivity index (χ0v) is 14.9. The largest absolute Gasteiger partial charge is 0.144 e. The summed E-state index contributed by atoms with van der Waals surface area (Å²) in [5, 5.41) is 0. The maximum atomic E-state index is 3.87. The van der Waals surface area contributed by atoms with Crippen LogP contribution in [-0.4, -0.2) is 0 Å². The van der Waals surface area contributed by atoms with Crippen molar-refractivity contribution in [2.75, 3.05) is 0 Å². The molecule has 1 aliphatic carbocycles. The number of hydrogen-bond acceptors (Lipinski definition) is 2. The molecule has 96 valence electrons. The van der Waals surface area contributed by atoms with Gasteiger partial charge >= 0.3 is 0 Å². The first-order chi connectivity index (χ1) is 8.65. The molecule has 1 unspecified atom stereocenters. The van der Waals surface area contributed by atoms with E-state index in [2.05, 4.69) is 50.9 Å². The van der Waals surface area contributed by atoms with E-state index < -0.39 is 0 Å². The van der Waals surface area contributed by atoms with Gasteiger partial charge in [-0.15, -0.1) is 22.7 Å². The molecule has 0 saturated carbocycles. The molecule has 4 heteroatoms. The number of thiophene rings is 2. The molecule has 3 rings (SSSR count). The van der Waals surface area contributed by atoms with Crippen molar-refractivity contribution in [1.82, 2.24) is 0 Å². The summed E-state index contributed by atoms with van der Waals surface area (Å²) in [6, 6.07) is 4.67. The van der Waals surface area contributed by atoms with E-state index in [0.717, 1.165) is 0 Å². The number of fused-ring (bicyclic) bond motifs is 1. The molecule has 1 atom stereocenters. The fourth-order valence-corrected chi connectivity index (χ4v) is 6.10. The van der Waals surface area contributed by atoms with Gasteiger partial charge in [0.25, 0.3) is 0 Å². The van der Waals surface area contributed by atoms with Gasteiger partial charge in [0.2, 0.25) is 0 Å². The van der Waals surface area contributed by atoms with E-state index in [0.29, 0.717) is 4.83 Å². The summed E-state index contributed by atoms with van der Waals surface area (Å²) in [5.74, 6) is 0. The van der Waals surface area contributed by atoms with Crippen LogP contribution < -0.4 is 0 Å². The molecule has 0 nitrogen and oxygen atoms in total. The van der Waals surface area contributed by atoms with Crippen LogP contribution in [-0.2, 0) is 12.8 Å². The van der Waals surface area contributed by atoms with Gasteiger partial charge < -0.3 is 0 Å². The predicted octanol–water partition coefficient (Wildman–Crippen LogP) is 6.24. The van der Waals surface area contributed by atoms with E-state index in [1.807, 2.05) is 22.7 Å². The SMILES string of the molecule is Cc1sc(C(Br)c2cc3c(s2)CCCC3)cc1Br. The van der Waals surface area contributed by atoms with Gasteiger partial charge in [-0.3, -0.25) is 0 Å². The fraction of sp³-hybridized carbons (Fsp3) is 0.429. The van der Waals surface area contributed by atoms with Crippen LogP contribution in [0.15, 0.2) is 16.6 Å². The summed E-state index contributed by atoms with van der Waals surface area (Å²) in [5.41, 5.74) is 1.60. The van der Waals surface area contributed by atoms with E-state index >= 15 is 0 Å². The summed E-state index contributed by atoms with van der Waals surface area (Å²) >= 11 is 11.3. The maximum Gasteiger partial charge on any atom is 0.0831 e. The van der Waals surface area contributed by atoms with Crippen molar-refractivity contribution in [3.63, 3.8) is 0 Å². The molecule has 0 spiro atoms. The highest BCUT2D eigenvalue weighted by atomic mass is 79.9. The topological polar surface area (TPSA) is 0 Å². The summed E-state index contributed by atoms with van der Waals surface area (Å²) in [6.07, 6.45) is 5.29. The second-order valence-corrected chi connectivity index (χ2v) is 8.95. The highest BCUT2D eigenvalue weighted by Gasteiger charge is 2.20. The first kappa shape index (κ1) is 13.3. The Balaban J connectivity index is 1.92. The Morgan fingerprint density at radius 1 is 1.11 bits per heavy atom. The number of hydrogen-bond donors (Lipinski definition) is 0. The van der Waals surface area contributed by atoms with Crippen LogP contribution in [0.2, 0.25) is 0 Å². The molecule has 0 amide bonds. The first-order valence-corrected chi connectivity index (χ1v) is 9.50. The quantitative estimate of drug-likeness (QED) is 0.518. The molecule has 0 N–H and O–H groups in total. The third-order valence-electron chi connectivity index (χ3n) is 3.39. The molecule has 2 heterocycles. The summed E-state index contributed by atoms with van der Waals surface area (Å²) < 4.78 is 1.23. The number of alkyl halides is 1. The van der Waals surface area contributed by atoms with Gasteiger partial charge in [0.1, 0.15) is 0 Å². The lowest BCUT2D eigenvalue weighted by atomic mass is 9.99. The van der Waals surface area contributed by atoms with Crippen molar-refractivity contribution in [2.24, 2.45) is 0 Å². The Morgan fingerprint density at radius 3 is 2.50 bits per heavy atom. The van der Waals surface area contributed by atoms with Crippen molar-refractivity contribution in [3.05, 3.63) is 41.7 Å². The Bertz CT molecular complexity index is 525. The van der Waals surface area contributed by atoms with Gasteiger partial charge in [0, 0.05) is 24.0 Å². The van der Waals surface area contributed by atoms with E-state index in [4.69, 9.17) is 0 Å². The average Bonchev–Trinajstić information content (AvgIpc) is 2.93. The van der Waals surface area contributed by atoms with E-state index in [9.17, 15) is 0 Å². The minimum absolute atomic E-state index is 0.364. The monoisotopic (exact) mass is 404 g/mol. The van der Waals surface area contributed by atoms with Crippen molar-refractivity contribution in [3.8, 4) is 0 Å². The van der Waals surface area contributed by atoms with Crippen molar-refractivity contribution in [1.29, 1.82) is 0 Å². The molecule has 2 aromatic heterocycles. The zero-order chi connectivity index (χ0) is 12.7. The van der Waals surface area contributed by atoms with E-state index in [1.54, 1.807) is 10.4 Å². The number of rotatable bonds is 2. The summed E-state index contributed by atoms with van der Waals surface area (Å²) in [6.45, 7) is 2.16. The van der Waals surface area contributed by atoms with Gasteiger partial charge in [0.15, 0.2) is 0 Å². The number of halogens is 2.